The Morgan fingerprint density at radius 3 is 2.65 bits per heavy atom. The van der Waals surface area contributed by atoms with Crippen molar-refractivity contribution >= 4 is 39.1 Å². The molecule has 0 spiro atoms. The van der Waals surface area contributed by atoms with Crippen LogP contribution in [0.5, 0.6) is 0 Å². The number of nitrogens with one attached hydrogen (secondary N) is 1. The van der Waals surface area contributed by atoms with Crippen LogP contribution in [0.4, 0.5) is 4.39 Å². The van der Waals surface area contributed by atoms with E-state index in [4.69, 9.17) is 23.2 Å². The number of rotatable bonds is 4. The van der Waals surface area contributed by atoms with Crippen LogP contribution < -0.4 is 5.32 Å². The lowest BCUT2D eigenvalue weighted by atomic mass is 9.99. The van der Waals surface area contributed by atoms with Crippen molar-refractivity contribution in [3.05, 3.63) is 67.9 Å². The molecule has 0 heterocycles. The maximum absolute atomic E-state index is 13.4. The maximum atomic E-state index is 13.4. The number of likely N-dealkylation sites (N-methyl/N-ethyl adjacent to an activating group) is 1. The Morgan fingerprint density at radius 2 is 2.00 bits per heavy atom. The summed E-state index contributed by atoms with van der Waals surface area (Å²) in [6.07, 6.45) is 0.618. The highest BCUT2D eigenvalue weighted by molar-refractivity contribution is 9.10. The topological polar surface area (TPSA) is 12.0 Å². The molecule has 1 unspecified atom stereocenters. The predicted octanol–water partition coefficient (Wildman–Crippen LogP) is 5.40. The van der Waals surface area contributed by atoms with Crippen LogP contribution >= 0.6 is 39.1 Å². The molecule has 2 aromatic carbocycles. The summed E-state index contributed by atoms with van der Waals surface area (Å²) >= 11 is 15.6. The van der Waals surface area contributed by atoms with E-state index in [1.165, 1.54) is 12.1 Å². The molecular weight excluding hydrogens is 364 g/mol. The van der Waals surface area contributed by atoms with E-state index >= 15 is 0 Å². The van der Waals surface area contributed by atoms with E-state index in [0.29, 0.717) is 16.5 Å². The summed E-state index contributed by atoms with van der Waals surface area (Å²) in [7, 11) is 1.84. The summed E-state index contributed by atoms with van der Waals surface area (Å²) in [6.45, 7) is 0. The zero-order valence-electron chi connectivity index (χ0n) is 10.8. The molecule has 0 radical (unpaired) electrons. The van der Waals surface area contributed by atoms with Crippen molar-refractivity contribution in [1.82, 2.24) is 5.32 Å². The molecule has 0 aliphatic rings. The van der Waals surface area contributed by atoms with Gasteiger partial charge >= 0.3 is 0 Å². The molecule has 2 aromatic rings. The molecule has 0 saturated heterocycles. The smallest absolute Gasteiger partial charge is 0.124 e. The van der Waals surface area contributed by atoms with Gasteiger partial charge in [-0.25, -0.2) is 4.39 Å². The van der Waals surface area contributed by atoms with E-state index in [9.17, 15) is 4.39 Å². The highest BCUT2D eigenvalue weighted by atomic mass is 79.9. The van der Waals surface area contributed by atoms with Crippen molar-refractivity contribution in [3.63, 3.8) is 0 Å². The van der Waals surface area contributed by atoms with Crippen molar-refractivity contribution in [2.75, 3.05) is 7.05 Å². The molecule has 5 heteroatoms. The summed E-state index contributed by atoms with van der Waals surface area (Å²) in [5, 5.41) is 4.24. The first-order valence-corrected chi connectivity index (χ1v) is 7.62. The van der Waals surface area contributed by atoms with Gasteiger partial charge in [0, 0.05) is 10.5 Å². The fourth-order valence-electron chi connectivity index (χ4n) is 2.12. The average Bonchev–Trinajstić information content (AvgIpc) is 2.38. The second-order valence-electron chi connectivity index (χ2n) is 4.47. The second kappa shape index (κ2) is 6.90. The normalized spacial score (nSPS) is 12.4. The summed E-state index contributed by atoms with van der Waals surface area (Å²) in [5.41, 5.74) is 1.79. The molecular formula is C15H13BrCl2FN. The van der Waals surface area contributed by atoms with Gasteiger partial charge in [-0.2, -0.15) is 0 Å². The molecule has 0 amide bonds. The molecule has 20 heavy (non-hydrogen) atoms. The molecule has 0 aromatic heterocycles. The third-order valence-electron chi connectivity index (χ3n) is 3.07. The fraction of sp³-hybridized carbons (Fsp3) is 0.200. The van der Waals surface area contributed by atoms with Crippen molar-refractivity contribution in [1.29, 1.82) is 0 Å². The molecule has 106 valence electrons. The third-order valence-corrected chi connectivity index (χ3v) is 4.36. The lowest BCUT2D eigenvalue weighted by Gasteiger charge is -2.19. The van der Waals surface area contributed by atoms with Gasteiger partial charge in [0.1, 0.15) is 5.82 Å². The van der Waals surface area contributed by atoms with Gasteiger partial charge in [-0.1, -0.05) is 51.3 Å². The van der Waals surface area contributed by atoms with Crippen LogP contribution in [0.1, 0.15) is 17.2 Å². The lowest BCUT2D eigenvalue weighted by molar-refractivity contribution is 0.584. The van der Waals surface area contributed by atoms with Gasteiger partial charge in [0.15, 0.2) is 0 Å². The van der Waals surface area contributed by atoms with Crippen LogP contribution in [0.2, 0.25) is 10.0 Å². The van der Waals surface area contributed by atoms with Crippen molar-refractivity contribution in [2.24, 2.45) is 0 Å². The molecule has 0 bridgehead atoms. The summed E-state index contributed by atoms with van der Waals surface area (Å²) in [4.78, 5) is 0. The van der Waals surface area contributed by atoms with Crippen molar-refractivity contribution in [3.8, 4) is 0 Å². The Hall–Kier alpha value is -0.610. The van der Waals surface area contributed by atoms with E-state index < -0.39 is 0 Å². The van der Waals surface area contributed by atoms with Gasteiger partial charge in [-0.3, -0.25) is 0 Å². The first-order valence-electron chi connectivity index (χ1n) is 6.07. The number of hydrogen-bond acceptors (Lipinski definition) is 1. The Kier molecular flexibility index (Phi) is 5.44. The number of hydrogen-bond donors (Lipinski definition) is 1. The Bertz CT molecular complexity index is 599. The predicted molar refractivity (Wildman–Crippen MR) is 86.1 cm³/mol. The Morgan fingerprint density at radius 1 is 1.25 bits per heavy atom. The zero-order valence-corrected chi connectivity index (χ0v) is 13.9. The molecule has 1 nitrogen and oxygen atoms in total. The Labute approximate surface area is 136 Å². The minimum Gasteiger partial charge on any atom is -0.313 e. The first kappa shape index (κ1) is 15.8. The first-order chi connectivity index (χ1) is 9.51. The highest BCUT2D eigenvalue weighted by Crippen LogP contribution is 2.31. The quantitative estimate of drug-likeness (QED) is 0.753. The van der Waals surface area contributed by atoms with Crippen LogP contribution in [0.25, 0.3) is 0 Å². The van der Waals surface area contributed by atoms with Gasteiger partial charge in [-0.05, 0) is 48.9 Å². The molecule has 1 atom stereocenters. The van der Waals surface area contributed by atoms with Gasteiger partial charge in [0.25, 0.3) is 0 Å². The molecule has 0 aliphatic carbocycles. The minimum atomic E-state index is -0.263. The lowest BCUT2D eigenvalue weighted by Crippen LogP contribution is -2.19. The summed E-state index contributed by atoms with van der Waals surface area (Å²) < 4.78 is 14.2. The van der Waals surface area contributed by atoms with Crippen LogP contribution in [-0.2, 0) is 6.42 Å². The SMILES string of the molecule is CNC(Cc1cc(F)cc(Br)c1)c1cccc(Cl)c1Cl. The van der Waals surface area contributed by atoms with Gasteiger partial charge < -0.3 is 5.32 Å². The Balaban J connectivity index is 2.31. The van der Waals surface area contributed by atoms with E-state index in [1.807, 2.05) is 25.2 Å². The number of benzene rings is 2. The van der Waals surface area contributed by atoms with Crippen LogP contribution in [-0.4, -0.2) is 7.05 Å². The third kappa shape index (κ3) is 3.73. The van der Waals surface area contributed by atoms with E-state index in [-0.39, 0.29) is 11.9 Å². The van der Waals surface area contributed by atoms with Crippen molar-refractivity contribution in [2.45, 2.75) is 12.5 Å². The van der Waals surface area contributed by atoms with E-state index in [1.54, 1.807) is 6.07 Å². The van der Waals surface area contributed by atoms with Crippen LogP contribution in [0.15, 0.2) is 40.9 Å². The van der Waals surface area contributed by atoms with Crippen LogP contribution in [0.3, 0.4) is 0 Å². The summed E-state index contributed by atoms with van der Waals surface area (Å²) in [5.74, 6) is -0.263. The van der Waals surface area contributed by atoms with Gasteiger partial charge in [-0.15, -0.1) is 0 Å². The maximum Gasteiger partial charge on any atom is 0.124 e. The molecule has 0 aliphatic heterocycles. The second-order valence-corrected chi connectivity index (χ2v) is 6.17. The molecule has 0 fully saturated rings. The standard InChI is InChI=1S/C15H13BrCl2FN/c1-20-14(12-3-2-4-13(17)15(12)18)7-9-5-10(16)8-11(19)6-9/h2-6,8,14,20H,7H2,1H3. The van der Waals surface area contributed by atoms with Gasteiger partial charge in [0.05, 0.1) is 10.0 Å². The monoisotopic (exact) mass is 375 g/mol. The fourth-order valence-corrected chi connectivity index (χ4v) is 3.07. The molecule has 1 N–H and O–H groups in total. The van der Waals surface area contributed by atoms with Gasteiger partial charge in [0.2, 0.25) is 0 Å². The summed E-state index contributed by atoms with van der Waals surface area (Å²) in [6, 6.07) is 10.3. The largest absolute Gasteiger partial charge is 0.313 e. The highest BCUT2D eigenvalue weighted by Gasteiger charge is 2.15. The van der Waals surface area contributed by atoms with E-state index in [0.717, 1.165) is 15.6 Å². The molecule has 0 saturated carbocycles. The number of halogens is 4. The minimum absolute atomic E-state index is 0.0325. The van der Waals surface area contributed by atoms with E-state index in [2.05, 4.69) is 21.2 Å². The molecule has 2 rings (SSSR count). The van der Waals surface area contributed by atoms with Crippen LogP contribution in [0, 0.1) is 5.82 Å². The van der Waals surface area contributed by atoms with Crippen molar-refractivity contribution < 1.29 is 4.39 Å². The zero-order chi connectivity index (χ0) is 14.7. The average molecular weight is 377 g/mol.